The summed E-state index contributed by atoms with van der Waals surface area (Å²) >= 11 is 1.41. The molecule has 0 saturated heterocycles. The normalized spacial score (nSPS) is 11.6. The number of carbonyl (C=O) groups excluding carboxylic acids is 2. The Morgan fingerprint density at radius 2 is 1.96 bits per heavy atom. The molecule has 23 heavy (non-hydrogen) atoms. The molecule has 0 spiro atoms. The highest BCUT2D eigenvalue weighted by atomic mass is 32.1. The van der Waals surface area contributed by atoms with Crippen molar-refractivity contribution in [2.75, 3.05) is 19.0 Å². The lowest BCUT2D eigenvalue weighted by Crippen LogP contribution is -2.35. The maximum atomic E-state index is 12.0. The van der Waals surface area contributed by atoms with Crippen LogP contribution in [0.2, 0.25) is 0 Å². The lowest BCUT2D eigenvalue weighted by atomic mass is 9.99. The summed E-state index contributed by atoms with van der Waals surface area (Å²) in [5.41, 5.74) is 1.68. The minimum Gasteiger partial charge on any atom is -0.468 e. The van der Waals surface area contributed by atoms with Gasteiger partial charge in [0, 0.05) is 11.4 Å². The second kappa shape index (κ2) is 7.73. The second-order valence-corrected chi connectivity index (χ2v) is 6.19. The number of urea groups is 1. The number of nitrogens with one attached hydrogen (secondary N) is 2. The van der Waals surface area contributed by atoms with Crippen LogP contribution in [0.1, 0.15) is 22.1 Å². The van der Waals surface area contributed by atoms with Crippen LogP contribution in [0.25, 0.3) is 0 Å². The van der Waals surface area contributed by atoms with Crippen molar-refractivity contribution >= 4 is 28.5 Å². The fourth-order valence-corrected chi connectivity index (χ4v) is 2.84. The van der Waals surface area contributed by atoms with E-state index in [4.69, 9.17) is 4.74 Å². The molecule has 0 aliphatic heterocycles. The molecule has 1 aromatic heterocycles. The van der Waals surface area contributed by atoms with E-state index in [1.807, 2.05) is 44.2 Å². The van der Waals surface area contributed by atoms with Crippen LogP contribution in [-0.4, -0.2) is 30.6 Å². The van der Waals surface area contributed by atoms with Crippen molar-refractivity contribution in [1.82, 2.24) is 10.3 Å². The summed E-state index contributed by atoms with van der Waals surface area (Å²) in [6, 6.07) is 8.80. The Hall–Kier alpha value is -2.41. The zero-order valence-corrected chi connectivity index (χ0v) is 14.1. The van der Waals surface area contributed by atoms with Gasteiger partial charge in [-0.3, -0.25) is 10.1 Å². The molecule has 7 heteroatoms. The third-order valence-electron chi connectivity index (χ3n) is 3.40. The number of rotatable bonds is 5. The molecule has 0 aliphatic carbocycles. The van der Waals surface area contributed by atoms with Crippen molar-refractivity contribution in [1.29, 1.82) is 0 Å². The molecule has 1 aromatic carbocycles. The van der Waals surface area contributed by atoms with Crippen LogP contribution in [0.5, 0.6) is 0 Å². The zero-order valence-electron chi connectivity index (χ0n) is 13.3. The molecule has 6 nitrogen and oxygen atoms in total. The number of benzene rings is 1. The number of methoxy groups -OCH3 is 1. The molecule has 0 unspecified atom stereocenters. The first-order valence-corrected chi connectivity index (χ1v) is 7.94. The van der Waals surface area contributed by atoms with Gasteiger partial charge in [0.25, 0.3) is 0 Å². The van der Waals surface area contributed by atoms with Crippen molar-refractivity contribution in [3.8, 4) is 0 Å². The van der Waals surface area contributed by atoms with Crippen molar-refractivity contribution < 1.29 is 14.3 Å². The van der Waals surface area contributed by atoms with E-state index in [0.717, 1.165) is 16.1 Å². The van der Waals surface area contributed by atoms with E-state index in [9.17, 15) is 9.59 Å². The van der Waals surface area contributed by atoms with Gasteiger partial charge < -0.3 is 10.1 Å². The maximum Gasteiger partial charge on any atom is 0.321 e. The summed E-state index contributed by atoms with van der Waals surface area (Å²) in [6.07, 6.45) is 0. The smallest absolute Gasteiger partial charge is 0.321 e. The third kappa shape index (κ3) is 4.53. The van der Waals surface area contributed by atoms with E-state index in [1.165, 1.54) is 18.4 Å². The number of nitrogens with zero attached hydrogens (tertiary/aromatic N) is 1. The SMILES string of the molecule is COC(=O)[C@H](CNC(=O)Nc1nc(C)c(C)s1)c1ccccc1. The monoisotopic (exact) mass is 333 g/mol. The standard InChI is InChI=1S/C16H19N3O3S/c1-10-11(2)23-16(18-10)19-15(21)17-9-13(14(20)22-3)12-7-5-4-6-8-12/h4-8,13H,9H2,1-3H3,(H2,17,18,19,21)/t13-/m1/s1. The van der Waals surface area contributed by atoms with Crippen LogP contribution in [0, 0.1) is 13.8 Å². The van der Waals surface area contributed by atoms with Gasteiger partial charge >= 0.3 is 12.0 Å². The quantitative estimate of drug-likeness (QED) is 0.825. The summed E-state index contributed by atoms with van der Waals surface area (Å²) in [7, 11) is 1.33. The Morgan fingerprint density at radius 1 is 1.26 bits per heavy atom. The van der Waals surface area contributed by atoms with Gasteiger partial charge in [-0.1, -0.05) is 30.3 Å². The van der Waals surface area contributed by atoms with Crippen molar-refractivity contribution in [2.24, 2.45) is 0 Å². The number of esters is 1. The molecule has 1 atom stereocenters. The minimum absolute atomic E-state index is 0.145. The van der Waals surface area contributed by atoms with Gasteiger partial charge in [-0.25, -0.2) is 9.78 Å². The summed E-state index contributed by atoms with van der Waals surface area (Å²) in [6.45, 7) is 3.97. The molecule has 2 rings (SSSR count). The fourth-order valence-electron chi connectivity index (χ4n) is 2.03. The van der Waals surface area contributed by atoms with E-state index < -0.39 is 17.9 Å². The van der Waals surface area contributed by atoms with Gasteiger partial charge in [0.2, 0.25) is 0 Å². The molecule has 2 amide bonds. The zero-order chi connectivity index (χ0) is 16.8. The summed E-state index contributed by atoms with van der Waals surface area (Å²) < 4.78 is 4.82. The number of anilines is 1. The summed E-state index contributed by atoms with van der Waals surface area (Å²) in [4.78, 5) is 29.2. The van der Waals surface area contributed by atoms with E-state index in [-0.39, 0.29) is 6.54 Å². The van der Waals surface area contributed by atoms with E-state index >= 15 is 0 Å². The fraction of sp³-hybridized carbons (Fsp3) is 0.312. The molecule has 2 N–H and O–H groups in total. The number of amides is 2. The molecule has 1 heterocycles. The van der Waals surface area contributed by atoms with E-state index in [0.29, 0.717) is 5.13 Å². The summed E-state index contributed by atoms with van der Waals surface area (Å²) in [5, 5.41) is 5.90. The number of hydrogen-bond donors (Lipinski definition) is 2. The Morgan fingerprint density at radius 3 is 2.52 bits per heavy atom. The van der Waals surface area contributed by atoms with Crippen LogP contribution in [0.4, 0.5) is 9.93 Å². The number of ether oxygens (including phenoxy) is 1. The number of hydrogen-bond acceptors (Lipinski definition) is 5. The molecule has 0 radical (unpaired) electrons. The highest BCUT2D eigenvalue weighted by molar-refractivity contribution is 7.15. The average Bonchev–Trinajstić information content (AvgIpc) is 2.86. The van der Waals surface area contributed by atoms with Gasteiger partial charge in [-0.05, 0) is 19.4 Å². The molecule has 0 bridgehead atoms. The van der Waals surface area contributed by atoms with E-state index in [1.54, 1.807) is 0 Å². The van der Waals surface area contributed by atoms with Crippen LogP contribution in [0.3, 0.4) is 0 Å². The van der Waals surface area contributed by atoms with Crippen LogP contribution >= 0.6 is 11.3 Å². The van der Waals surface area contributed by atoms with Gasteiger partial charge in [-0.15, -0.1) is 11.3 Å². The van der Waals surface area contributed by atoms with Crippen LogP contribution < -0.4 is 10.6 Å². The maximum absolute atomic E-state index is 12.0. The van der Waals surface area contributed by atoms with Gasteiger partial charge in [0.1, 0.15) is 0 Å². The molecule has 0 saturated carbocycles. The predicted octanol–water partition coefficient (Wildman–Crippen LogP) is 2.84. The lowest BCUT2D eigenvalue weighted by molar-refractivity contribution is -0.142. The number of aryl methyl sites for hydroxylation is 2. The first kappa shape index (κ1) is 17.0. The second-order valence-electron chi connectivity index (χ2n) is 4.98. The third-order valence-corrected chi connectivity index (χ3v) is 4.39. The predicted molar refractivity (Wildman–Crippen MR) is 89.8 cm³/mol. The minimum atomic E-state index is -0.549. The van der Waals surface area contributed by atoms with Crippen LogP contribution in [-0.2, 0) is 9.53 Å². The number of aromatic nitrogens is 1. The Balaban J connectivity index is 1.98. The van der Waals surface area contributed by atoms with Gasteiger partial charge in [-0.2, -0.15) is 0 Å². The molecule has 0 fully saturated rings. The van der Waals surface area contributed by atoms with Crippen molar-refractivity contribution in [2.45, 2.75) is 19.8 Å². The lowest BCUT2D eigenvalue weighted by Gasteiger charge is -2.15. The largest absolute Gasteiger partial charge is 0.468 e. The van der Waals surface area contributed by atoms with Gasteiger partial charge in [0.15, 0.2) is 5.13 Å². The Kier molecular flexibility index (Phi) is 5.70. The van der Waals surface area contributed by atoms with Crippen molar-refractivity contribution in [3.63, 3.8) is 0 Å². The van der Waals surface area contributed by atoms with E-state index in [2.05, 4.69) is 15.6 Å². The summed E-state index contributed by atoms with van der Waals surface area (Å²) in [5.74, 6) is -0.941. The number of thiazole rings is 1. The first-order valence-electron chi connectivity index (χ1n) is 7.13. The molecular weight excluding hydrogens is 314 g/mol. The highest BCUT2D eigenvalue weighted by Gasteiger charge is 2.22. The van der Waals surface area contributed by atoms with Crippen LogP contribution in [0.15, 0.2) is 30.3 Å². The van der Waals surface area contributed by atoms with Crippen molar-refractivity contribution in [3.05, 3.63) is 46.5 Å². The van der Waals surface area contributed by atoms with Gasteiger partial charge in [0.05, 0.1) is 18.7 Å². The topological polar surface area (TPSA) is 80.3 Å². The first-order chi connectivity index (χ1) is 11.0. The Bertz CT molecular complexity index is 666. The Labute approximate surface area is 138 Å². The molecule has 2 aromatic rings. The highest BCUT2D eigenvalue weighted by Crippen LogP contribution is 2.21. The number of carbonyl (C=O) groups is 2. The molecule has 0 aliphatic rings. The average molecular weight is 333 g/mol. The molecule has 122 valence electrons. The molecular formula is C16H19N3O3S.